The number of rotatable bonds is 6. The zero-order valence-corrected chi connectivity index (χ0v) is 18.7. The van der Waals surface area contributed by atoms with Gasteiger partial charge in [0.1, 0.15) is 5.00 Å². The summed E-state index contributed by atoms with van der Waals surface area (Å²) >= 11 is 1.54. The Balaban J connectivity index is 1.65. The molecule has 0 saturated carbocycles. The van der Waals surface area contributed by atoms with Crippen LogP contribution in [0, 0.1) is 18.3 Å². The summed E-state index contributed by atoms with van der Waals surface area (Å²) in [6.45, 7) is 8.86. The van der Waals surface area contributed by atoms with Gasteiger partial charge in [-0.3, -0.25) is 9.59 Å². The third kappa shape index (κ3) is 5.27. The molecule has 1 aliphatic carbocycles. The van der Waals surface area contributed by atoms with Crippen LogP contribution in [0.1, 0.15) is 72.0 Å². The van der Waals surface area contributed by atoms with Crippen LogP contribution in [-0.2, 0) is 24.1 Å². The monoisotopic (exact) mass is 412 g/mol. The van der Waals surface area contributed by atoms with Gasteiger partial charge in [-0.2, -0.15) is 0 Å². The molecule has 0 spiro atoms. The number of primary amides is 1. The van der Waals surface area contributed by atoms with Crippen LogP contribution in [-0.4, -0.2) is 11.8 Å². The maximum atomic E-state index is 12.5. The lowest BCUT2D eigenvalue weighted by molar-refractivity contribution is -0.116. The smallest absolute Gasteiger partial charge is 0.251 e. The summed E-state index contributed by atoms with van der Waals surface area (Å²) < 4.78 is 0. The van der Waals surface area contributed by atoms with Crippen LogP contribution in [0.25, 0.3) is 0 Å². The first-order valence-electron chi connectivity index (χ1n) is 10.4. The number of nitrogens with one attached hydrogen (secondary N) is 1. The molecule has 156 valence electrons. The molecule has 3 N–H and O–H groups in total. The summed E-state index contributed by atoms with van der Waals surface area (Å²) in [6.07, 6.45) is 4.93. The predicted molar refractivity (Wildman–Crippen MR) is 121 cm³/mol. The van der Waals surface area contributed by atoms with Gasteiger partial charge in [0.2, 0.25) is 5.91 Å². The summed E-state index contributed by atoms with van der Waals surface area (Å²) in [5.41, 5.74) is 9.97. The fourth-order valence-corrected chi connectivity index (χ4v) is 5.42. The second-order valence-corrected chi connectivity index (χ2v) is 10.4. The highest BCUT2D eigenvalue weighted by atomic mass is 32.1. The van der Waals surface area contributed by atoms with E-state index in [1.165, 1.54) is 27.3 Å². The van der Waals surface area contributed by atoms with Gasteiger partial charge in [0, 0.05) is 11.3 Å². The van der Waals surface area contributed by atoms with Crippen molar-refractivity contribution in [2.45, 2.75) is 66.2 Å². The average Bonchev–Trinajstić information content (AvgIpc) is 2.99. The highest BCUT2D eigenvalue weighted by Crippen LogP contribution is 2.44. The summed E-state index contributed by atoms with van der Waals surface area (Å²) in [5.74, 6) is 0.0877. The lowest BCUT2D eigenvalue weighted by Crippen LogP contribution is -2.27. The first-order valence-corrected chi connectivity index (χ1v) is 11.3. The molecule has 0 aliphatic heterocycles. The van der Waals surface area contributed by atoms with Crippen molar-refractivity contribution in [3.8, 4) is 0 Å². The van der Waals surface area contributed by atoms with Crippen LogP contribution >= 0.6 is 11.3 Å². The lowest BCUT2D eigenvalue weighted by atomic mass is 9.72. The standard InChI is InChI=1S/C24H32N2O2S/c1-15-8-10-16(11-9-15)6-5-7-20(27)26-23-21(22(25)28)18-13-12-17(24(2,3)4)14-19(18)29-23/h8-11,17H,5-7,12-14H2,1-4H3,(H2,25,28)(H,26,27). The Morgan fingerprint density at radius 2 is 1.90 bits per heavy atom. The molecule has 4 nitrogen and oxygen atoms in total. The van der Waals surface area contributed by atoms with E-state index >= 15 is 0 Å². The third-order valence-electron chi connectivity index (χ3n) is 5.98. The molecule has 0 fully saturated rings. The first-order chi connectivity index (χ1) is 13.6. The molecule has 3 rings (SSSR count). The largest absolute Gasteiger partial charge is 0.365 e. The quantitative estimate of drug-likeness (QED) is 0.678. The van der Waals surface area contributed by atoms with E-state index in [4.69, 9.17) is 5.73 Å². The van der Waals surface area contributed by atoms with Gasteiger partial charge in [-0.25, -0.2) is 0 Å². The maximum absolute atomic E-state index is 12.5. The molecule has 2 aromatic rings. The minimum Gasteiger partial charge on any atom is -0.365 e. The number of amides is 2. The van der Waals surface area contributed by atoms with E-state index in [0.717, 1.165) is 37.7 Å². The Morgan fingerprint density at radius 3 is 2.52 bits per heavy atom. The topological polar surface area (TPSA) is 72.2 Å². The van der Waals surface area contributed by atoms with Crippen molar-refractivity contribution in [3.05, 3.63) is 51.4 Å². The Hall–Kier alpha value is -2.14. The average molecular weight is 413 g/mol. The SMILES string of the molecule is Cc1ccc(CCCC(=O)Nc2sc3c(c2C(N)=O)CCC(C(C)(C)C)C3)cc1. The van der Waals surface area contributed by atoms with Gasteiger partial charge >= 0.3 is 0 Å². The van der Waals surface area contributed by atoms with Gasteiger partial charge in [-0.1, -0.05) is 50.6 Å². The third-order valence-corrected chi connectivity index (χ3v) is 7.15. The molecule has 1 aromatic carbocycles. The number of thiophene rings is 1. The van der Waals surface area contributed by atoms with Gasteiger partial charge < -0.3 is 11.1 Å². The van der Waals surface area contributed by atoms with Crippen LogP contribution in [0.3, 0.4) is 0 Å². The maximum Gasteiger partial charge on any atom is 0.251 e. The minimum atomic E-state index is -0.438. The summed E-state index contributed by atoms with van der Waals surface area (Å²) in [7, 11) is 0. The number of hydrogen-bond acceptors (Lipinski definition) is 3. The Labute approximate surface area is 177 Å². The van der Waals surface area contributed by atoms with Crippen molar-refractivity contribution >= 4 is 28.2 Å². The molecule has 29 heavy (non-hydrogen) atoms. The van der Waals surface area contributed by atoms with Gasteiger partial charge in [-0.15, -0.1) is 11.3 Å². The van der Waals surface area contributed by atoms with Crippen LogP contribution in [0.4, 0.5) is 5.00 Å². The highest BCUT2D eigenvalue weighted by molar-refractivity contribution is 7.17. The van der Waals surface area contributed by atoms with Gasteiger partial charge in [0.05, 0.1) is 5.56 Å². The number of hydrogen-bond donors (Lipinski definition) is 2. The molecule has 1 atom stereocenters. The molecule has 0 bridgehead atoms. The Bertz CT molecular complexity index is 891. The Kier molecular flexibility index (Phi) is 6.47. The fraction of sp³-hybridized carbons (Fsp3) is 0.500. The van der Waals surface area contributed by atoms with Gasteiger partial charge in [-0.05, 0) is 61.5 Å². The van der Waals surface area contributed by atoms with Crippen LogP contribution in [0.2, 0.25) is 0 Å². The molecule has 0 radical (unpaired) electrons. The molecule has 1 aromatic heterocycles. The summed E-state index contributed by atoms with van der Waals surface area (Å²) in [6, 6.07) is 8.40. The van der Waals surface area contributed by atoms with E-state index in [-0.39, 0.29) is 11.3 Å². The molecule has 5 heteroatoms. The highest BCUT2D eigenvalue weighted by Gasteiger charge is 2.33. The predicted octanol–water partition coefficient (Wildman–Crippen LogP) is 5.27. The van der Waals surface area contributed by atoms with E-state index in [1.54, 1.807) is 0 Å². The van der Waals surface area contributed by atoms with E-state index in [2.05, 4.69) is 57.3 Å². The lowest BCUT2D eigenvalue weighted by Gasteiger charge is -2.33. The number of carbonyl (C=O) groups is 2. The normalized spacial score (nSPS) is 16.3. The second-order valence-electron chi connectivity index (χ2n) is 9.27. The number of aryl methyl sites for hydroxylation is 2. The van der Waals surface area contributed by atoms with Crippen LogP contribution < -0.4 is 11.1 Å². The molecular weight excluding hydrogens is 380 g/mol. The van der Waals surface area contributed by atoms with Crippen molar-refractivity contribution in [2.75, 3.05) is 5.32 Å². The van der Waals surface area contributed by atoms with E-state index in [0.29, 0.717) is 22.9 Å². The second kappa shape index (κ2) is 8.70. The fourth-order valence-electron chi connectivity index (χ4n) is 4.07. The molecule has 0 saturated heterocycles. The first kappa shape index (κ1) is 21.6. The minimum absolute atomic E-state index is 0.0504. The van der Waals surface area contributed by atoms with Crippen molar-refractivity contribution < 1.29 is 9.59 Å². The van der Waals surface area contributed by atoms with Crippen molar-refractivity contribution in [2.24, 2.45) is 17.1 Å². The number of benzene rings is 1. The van der Waals surface area contributed by atoms with E-state index in [1.807, 2.05) is 0 Å². The number of anilines is 1. The van der Waals surface area contributed by atoms with Crippen molar-refractivity contribution in [1.82, 2.24) is 0 Å². The van der Waals surface area contributed by atoms with Gasteiger partial charge in [0.25, 0.3) is 5.91 Å². The zero-order chi connectivity index (χ0) is 21.2. The van der Waals surface area contributed by atoms with Crippen LogP contribution in [0.5, 0.6) is 0 Å². The number of fused-ring (bicyclic) bond motifs is 1. The van der Waals surface area contributed by atoms with Crippen molar-refractivity contribution in [1.29, 1.82) is 0 Å². The molecule has 1 unspecified atom stereocenters. The van der Waals surface area contributed by atoms with Crippen LogP contribution in [0.15, 0.2) is 24.3 Å². The Morgan fingerprint density at radius 1 is 1.21 bits per heavy atom. The molecular formula is C24H32N2O2S. The zero-order valence-electron chi connectivity index (χ0n) is 17.9. The van der Waals surface area contributed by atoms with E-state index in [9.17, 15) is 9.59 Å². The van der Waals surface area contributed by atoms with Gasteiger partial charge in [0.15, 0.2) is 0 Å². The molecule has 2 amide bonds. The summed E-state index contributed by atoms with van der Waals surface area (Å²) in [5, 5.41) is 3.61. The number of carbonyl (C=O) groups excluding carboxylic acids is 2. The number of nitrogens with two attached hydrogens (primary N) is 1. The van der Waals surface area contributed by atoms with E-state index < -0.39 is 5.91 Å². The molecule has 1 aliphatic rings. The molecule has 1 heterocycles. The summed E-state index contributed by atoms with van der Waals surface area (Å²) in [4.78, 5) is 25.8. The van der Waals surface area contributed by atoms with Crippen molar-refractivity contribution in [3.63, 3.8) is 0 Å².